The Morgan fingerprint density at radius 3 is 2.17 bits per heavy atom. The van der Waals surface area contributed by atoms with Crippen LogP contribution in [0.2, 0.25) is 0 Å². The molecular formula is C21H18F7NO5S. The Hall–Kier alpha value is -2.87. The Balaban J connectivity index is 2.09. The van der Waals surface area contributed by atoms with Crippen LogP contribution in [0.3, 0.4) is 0 Å². The van der Waals surface area contributed by atoms with Crippen LogP contribution in [0.5, 0.6) is 5.75 Å². The predicted molar refractivity (Wildman–Crippen MR) is 107 cm³/mol. The minimum atomic E-state index is -5.24. The van der Waals surface area contributed by atoms with Crippen LogP contribution in [0.4, 0.5) is 30.7 Å². The third-order valence-electron chi connectivity index (χ3n) is 5.53. The number of halogens is 7. The molecule has 1 atom stereocenters. The standard InChI is InChI=1S/C21H18F7NO5S/c1-29(17-4-2-3-15-14(17)5-6-16(22)19(15)34-10-18(30)31)35(32,33)13-8-11(20(23,24)25)7-12(9-13)21(26,27)28/h5-9,17H,2-4,10H2,1H3,(H,30,31). The van der Waals surface area contributed by atoms with Crippen molar-refractivity contribution in [3.05, 3.63) is 58.4 Å². The molecule has 0 heterocycles. The second-order valence-electron chi connectivity index (χ2n) is 7.80. The van der Waals surface area contributed by atoms with Crippen molar-refractivity contribution >= 4 is 16.0 Å². The lowest BCUT2D eigenvalue weighted by Crippen LogP contribution is -2.34. The molecule has 1 N–H and O–H groups in total. The Kier molecular flexibility index (Phi) is 7.10. The van der Waals surface area contributed by atoms with E-state index < -0.39 is 68.6 Å². The minimum absolute atomic E-state index is 0.122. The average molecular weight is 529 g/mol. The van der Waals surface area contributed by atoms with Crippen LogP contribution in [-0.4, -0.2) is 37.5 Å². The third kappa shape index (κ3) is 5.53. The molecule has 1 aliphatic carbocycles. The van der Waals surface area contributed by atoms with Gasteiger partial charge in [0.05, 0.1) is 22.1 Å². The molecule has 6 nitrogen and oxygen atoms in total. The fourth-order valence-corrected chi connectivity index (χ4v) is 5.33. The number of rotatable bonds is 6. The molecule has 0 amide bonds. The zero-order valence-electron chi connectivity index (χ0n) is 17.9. The number of alkyl halides is 6. The lowest BCUT2D eigenvalue weighted by atomic mass is 9.87. The summed E-state index contributed by atoms with van der Waals surface area (Å²) in [5, 5.41) is 8.81. The SMILES string of the molecule is CN(C1CCCc2c1ccc(F)c2OCC(=O)O)S(=O)(=O)c1cc(C(F)(F)F)cc(C(F)(F)F)c1. The number of sulfonamides is 1. The van der Waals surface area contributed by atoms with Crippen LogP contribution in [0.15, 0.2) is 35.2 Å². The summed E-state index contributed by atoms with van der Waals surface area (Å²) < 4.78 is 126. The number of nitrogens with zero attached hydrogens (tertiary/aromatic N) is 1. The average Bonchev–Trinajstić information content (AvgIpc) is 2.75. The van der Waals surface area contributed by atoms with Crippen molar-refractivity contribution in [2.24, 2.45) is 0 Å². The summed E-state index contributed by atoms with van der Waals surface area (Å²) in [6.45, 7) is -0.878. The summed E-state index contributed by atoms with van der Waals surface area (Å²) >= 11 is 0. The molecule has 0 aromatic heterocycles. The van der Waals surface area contributed by atoms with Crippen molar-refractivity contribution in [3.8, 4) is 5.75 Å². The molecule has 0 radical (unpaired) electrons. The fraction of sp³-hybridized carbons (Fsp3) is 0.381. The smallest absolute Gasteiger partial charge is 0.416 e. The van der Waals surface area contributed by atoms with Crippen LogP contribution >= 0.6 is 0 Å². The maximum Gasteiger partial charge on any atom is 0.416 e. The Labute approximate surface area is 195 Å². The Bertz CT molecular complexity index is 1210. The molecule has 192 valence electrons. The van der Waals surface area contributed by atoms with E-state index in [0.29, 0.717) is 4.31 Å². The largest absolute Gasteiger partial charge is 0.479 e. The molecule has 1 aliphatic rings. The highest BCUT2D eigenvalue weighted by Gasteiger charge is 2.40. The second-order valence-corrected chi connectivity index (χ2v) is 9.80. The molecule has 0 spiro atoms. The Morgan fingerprint density at radius 2 is 1.66 bits per heavy atom. The first kappa shape index (κ1) is 26.7. The van der Waals surface area contributed by atoms with E-state index in [1.54, 1.807) is 0 Å². The van der Waals surface area contributed by atoms with Crippen LogP contribution in [0, 0.1) is 5.82 Å². The van der Waals surface area contributed by atoms with Crippen molar-refractivity contribution < 1.29 is 53.8 Å². The fourth-order valence-electron chi connectivity index (χ4n) is 3.89. The molecule has 0 saturated carbocycles. The van der Waals surface area contributed by atoms with Gasteiger partial charge in [-0.05, 0) is 49.1 Å². The van der Waals surface area contributed by atoms with Crippen molar-refractivity contribution in [1.29, 1.82) is 0 Å². The normalized spacial score (nSPS) is 16.8. The van der Waals surface area contributed by atoms with Crippen LogP contribution < -0.4 is 4.74 Å². The van der Waals surface area contributed by atoms with Gasteiger partial charge in [-0.3, -0.25) is 0 Å². The zero-order chi connectivity index (χ0) is 26.3. The van der Waals surface area contributed by atoms with E-state index in [-0.39, 0.29) is 48.6 Å². The molecule has 0 aliphatic heterocycles. The highest BCUT2D eigenvalue weighted by atomic mass is 32.2. The monoisotopic (exact) mass is 529 g/mol. The van der Waals surface area contributed by atoms with Gasteiger partial charge in [-0.1, -0.05) is 6.07 Å². The van der Waals surface area contributed by atoms with Gasteiger partial charge in [0.2, 0.25) is 10.0 Å². The Morgan fingerprint density at radius 1 is 1.09 bits per heavy atom. The van der Waals surface area contributed by atoms with Crippen molar-refractivity contribution in [3.63, 3.8) is 0 Å². The van der Waals surface area contributed by atoms with Gasteiger partial charge in [0.1, 0.15) is 0 Å². The van der Waals surface area contributed by atoms with E-state index >= 15 is 0 Å². The second kappa shape index (κ2) is 9.30. The van der Waals surface area contributed by atoms with Gasteiger partial charge < -0.3 is 9.84 Å². The third-order valence-corrected chi connectivity index (χ3v) is 7.37. The summed E-state index contributed by atoms with van der Waals surface area (Å²) in [6.07, 6.45) is -9.91. The van der Waals surface area contributed by atoms with E-state index in [0.717, 1.165) is 13.1 Å². The van der Waals surface area contributed by atoms with Crippen LogP contribution in [0.1, 0.15) is 41.1 Å². The molecule has 1 unspecified atom stereocenters. The van der Waals surface area contributed by atoms with Crippen molar-refractivity contribution in [1.82, 2.24) is 4.31 Å². The van der Waals surface area contributed by atoms with Gasteiger partial charge >= 0.3 is 18.3 Å². The highest BCUT2D eigenvalue weighted by Crippen LogP contribution is 2.43. The number of hydrogen-bond donors (Lipinski definition) is 1. The molecule has 0 bridgehead atoms. The summed E-state index contributed by atoms with van der Waals surface area (Å²) in [5.41, 5.74) is -3.19. The van der Waals surface area contributed by atoms with Crippen molar-refractivity contribution in [2.75, 3.05) is 13.7 Å². The van der Waals surface area contributed by atoms with Gasteiger partial charge in [-0.25, -0.2) is 17.6 Å². The number of aliphatic carboxylic acids is 1. The lowest BCUT2D eigenvalue weighted by Gasteiger charge is -2.33. The molecule has 0 saturated heterocycles. The number of hydrogen-bond acceptors (Lipinski definition) is 4. The molecule has 0 fully saturated rings. The summed E-state index contributed by atoms with van der Waals surface area (Å²) in [5.74, 6) is -2.69. The van der Waals surface area contributed by atoms with Gasteiger partial charge in [0, 0.05) is 12.6 Å². The molecule has 2 aromatic rings. The van der Waals surface area contributed by atoms with E-state index in [9.17, 15) is 43.9 Å². The van der Waals surface area contributed by atoms with E-state index in [1.165, 1.54) is 6.07 Å². The molecule has 14 heteroatoms. The maximum atomic E-state index is 14.3. The summed E-state index contributed by atoms with van der Waals surface area (Å²) in [6, 6.07) is 1.13. The van der Waals surface area contributed by atoms with Gasteiger partial charge in [0.15, 0.2) is 18.2 Å². The molecular weight excluding hydrogens is 511 g/mol. The first-order chi connectivity index (χ1) is 16.0. The highest BCUT2D eigenvalue weighted by molar-refractivity contribution is 7.89. The topological polar surface area (TPSA) is 83.9 Å². The summed E-state index contributed by atoms with van der Waals surface area (Å²) in [7, 11) is -3.90. The lowest BCUT2D eigenvalue weighted by molar-refractivity contribution is -0.143. The number of carboxylic acid groups (broad SMARTS) is 1. The first-order valence-electron chi connectivity index (χ1n) is 9.97. The number of ether oxygens (including phenoxy) is 1. The van der Waals surface area contributed by atoms with Gasteiger partial charge in [-0.15, -0.1) is 0 Å². The predicted octanol–water partition coefficient (Wildman–Crippen LogP) is 5.02. The van der Waals surface area contributed by atoms with E-state index in [4.69, 9.17) is 9.84 Å². The van der Waals surface area contributed by atoms with Crippen LogP contribution in [-0.2, 0) is 33.6 Å². The van der Waals surface area contributed by atoms with Crippen LogP contribution in [0.25, 0.3) is 0 Å². The number of carboxylic acids is 1. The minimum Gasteiger partial charge on any atom is -0.479 e. The number of benzene rings is 2. The molecule has 3 rings (SSSR count). The molecule has 35 heavy (non-hydrogen) atoms. The first-order valence-corrected chi connectivity index (χ1v) is 11.4. The number of fused-ring (bicyclic) bond motifs is 1. The zero-order valence-corrected chi connectivity index (χ0v) is 18.7. The quantitative estimate of drug-likeness (QED) is 0.531. The van der Waals surface area contributed by atoms with E-state index in [1.807, 2.05) is 0 Å². The number of carbonyl (C=O) groups is 1. The maximum absolute atomic E-state index is 14.3. The van der Waals surface area contributed by atoms with Crippen molar-refractivity contribution in [2.45, 2.75) is 42.6 Å². The van der Waals surface area contributed by atoms with Gasteiger partial charge in [-0.2, -0.15) is 30.6 Å². The van der Waals surface area contributed by atoms with E-state index in [2.05, 4.69) is 0 Å². The molecule has 2 aromatic carbocycles. The van der Waals surface area contributed by atoms with Gasteiger partial charge in [0.25, 0.3) is 0 Å². The summed E-state index contributed by atoms with van der Waals surface area (Å²) in [4.78, 5) is 9.60.